The number of aryl methyl sites for hydroxylation is 1. The van der Waals surface area contributed by atoms with Crippen molar-refractivity contribution in [2.45, 2.75) is 37.2 Å². The number of hydrogen-bond donors (Lipinski definition) is 0. The molecule has 5 nitrogen and oxygen atoms in total. The number of rotatable bonds is 5. The zero-order valence-electron chi connectivity index (χ0n) is 12.0. The molecule has 0 radical (unpaired) electrons. The van der Waals surface area contributed by atoms with Gasteiger partial charge in [0.05, 0.1) is 16.3 Å². The number of hydrogen-bond acceptors (Lipinski definition) is 5. The number of halogens is 2. The molecule has 2 heterocycles. The number of fused-ring (bicyclic) bond motifs is 1. The summed E-state index contributed by atoms with van der Waals surface area (Å²) in [5, 5.41) is 3.80. The van der Waals surface area contributed by atoms with Crippen LogP contribution in [0.3, 0.4) is 0 Å². The third-order valence-electron chi connectivity index (χ3n) is 3.19. The molecule has 3 rings (SSSR count). The zero-order chi connectivity index (χ0) is 15.7. The normalized spacial score (nSPS) is 13.1. The maximum atomic E-state index is 13.4. The van der Waals surface area contributed by atoms with Crippen molar-refractivity contribution in [3.63, 3.8) is 0 Å². The molecule has 1 atom stereocenters. The molecule has 2 aromatic heterocycles. The van der Waals surface area contributed by atoms with E-state index in [0.717, 1.165) is 4.57 Å². The Labute approximate surface area is 129 Å². The van der Waals surface area contributed by atoms with Gasteiger partial charge in [-0.2, -0.15) is 13.8 Å². The van der Waals surface area contributed by atoms with Gasteiger partial charge in [-0.15, -0.1) is 0 Å². The van der Waals surface area contributed by atoms with Crippen molar-refractivity contribution >= 4 is 22.8 Å². The van der Waals surface area contributed by atoms with Gasteiger partial charge in [0.25, 0.3) is 0 Å². The summed E-state index contributed by atoms with van der Waals surface area (Å²) in [6, 6.07) is 6.83. The molecule has 1 aromatic carbocycles. The molecule has 0 aliphatic rings. The van der Waals surface area contributed by atoms with Gasteiger partial charge in [0.1, 0.15) is 0 Å². The van der Waals surface area contributed by atoms with E-state index in [1.54, 1.807) is 24.3 Å². The van der Waals surface area contributed by atoms with Crippen LogP contribution in [0.1, 0.15) is 37.4 Å². The molecule has 1 unspecified atom stereocenters. The fraction of sp³-hybridized carbons (Fsp3) is 0.357. The van der Waals surface area contributed by atoms with E-state index in [-0.39, 0.29) is 10.4 Å². The van der Waals surface area contributed by atoms with Crippen molar-refractivity contribution in [1.29, 1.82) is 0 Å². The first-order valence-corrected chi connectivity index (χ1v) is 7.72. The lowest BCUT2D eigenvalue weighted by atomic mass is 10.3. The maximum absolute atomic E-state index is 13.4. The first-order chi connectivity index (χ1) is 10.6. The van der Waals surface area contributed by atoms with Crippen LogP contribution >= 0.6 is 11.8 Å². The Balaban J connectivity index is 1.94. The topological polar surface area (TPSA) is 56.7 Å². The second-order valence-corrected chi connectivity index (χ2v) is 6.00. The number of imidazole rings is 1. The number of nitrogens with zero attached hydrogens (tertiary/aromatic N) is 4. The fourth-order valence-corrected chi connectivity index (χ4v) is 3.03. The maximum Gasteiger partial charge on any atom is 0.321 e. The summed E-state index contributed by atoms with van der Waals surface area (Å²) in [5.74, 6) is 1.01. The summed E-state index contributed by atoms with van der Waals surface area (Å²) in [6.07, 6.45) is 0.663. The molecule has 0 saturated heterocycles. The first kappa shape index (κ1) is 15.0. The number of para-hydroxylation sites is 2. The molecule has 0 aliphatic carbocycles. The van der Waals surface area contributed by atoms with Crippen LogP contribution in [-0.2, 0) is 6.42 Å². The molecule has 0 N–H and O–H groups in total. The summed E-state index contributed by atoms with van der Waals surface area (Å²) in [6.45, 7) is 1.09. The van der Waals surface area contributed by atoms with E-state index in [1.165, 1.54) is 11.8 Å². The molecule has 0 saturated carbocycles. The van der Waals surface area contributed by atoms with Gasteiger partial charge in [-0.05, 0) is 19.1 Å². The second-order valence-electron chi connectivity index (χ2n) is 4.69. The van der Waals surface area contributed by atoms with E-state index in [0.29, 0.717) is 29.2 Å². The highest BCUT2D eigenvalue weighted by atomic mass is 32.2. The van der Waals surface area contributed by atoms with E-state index >= 15 is 0 Å². The first-order valence-electron chi connectivity index (χ1n) is 6.84. The highest BCUT2D eigenvalue weighted by Gasteiger charge is 2.23. The third-order valence-corrected chi connectivity index (χ3v) is 4.24. The lowest BCUT2D eigenvalue weighted by Crippen LogP contribution is -2.01. The molecule has 3 aromatic rings. The minimum Gasteiger partial charge on any atom is -0.338 e. The van der Waals surface area contributed by atoms with Crippen LogP contribution in [0.4, 0.5) is 8.78 Å². The predicted octanol–water partition coefficient (Wildman–Crippen LogP) is 4.23. The monoisotopic (exact) mass is 324 g/mol. The van der Waals surface area contributed by atoms with Crippen LogP contribution in [0.15, 0.2) is 33.9 Å². The minimum absolute atomic E-state index is 0.236. The van der Waals surface area contributed by atoms with Crippen molar-refractivity contribution < 1.29 is 13.3 Å². The van der Waals surface area contributed by atoms with Crippen molar-refractivity contribution in [1.82, 2.24) is 19.7 Å². The Bertz CT molecular complexity index is 786. The van der Waals surface area contributed by atoms with Crippen LogP contribution in [0.5, 0.6) is 0 Å². The Morgan fingerprint density at radius 3 is 2.73 bits per heavy atom. The Morgan fingerprint density at radius 2 is 2.05 bits per heavy atom. The molecule has 0 spiro atoms. The van der Waals surface area contributed by atoms with Crippen molar-refractivity contribution in [2.75, 3.05) is 0 Å². The molecule has 0 aliphatic heterocycles. The molecular weight excluding hydrogens is 310 g/mol. The highest BCUT2D eigenvalue weighted by molar-refractivity contribution is 7.99. The number of benzene rings is 1. The van der Waals surface area contributed by atoms with Crippen LogP contribution in [0.2, 0.25) is 0 Å². The van der Waals surface area contributed by atoms with Crippen LogP contribution in [-0.4, -0.2) is 19.7 Å². The van der Waals surface area contributed by atoms with Crippen LogP contribution in [0, 0.1) is 0 Å². The fourth-order valence-electron chi connectivity index (χ4n) is 2.08. The minimum atomic E-state index is -2.66. The van der Waals surface area contributed by atoms with Gasteiger partial charge in [-0.25, -0.2) is 4.98 Å². The molecule has 8 heteroatoms. The van der Waals surface area contributed by atoms with E-state index in [1.807, 2.05) is 13.8 Å². The lowest BCUT2D eigenvalue weighted by molar-refractivity contribution is 0.0656. The molecule has 0 bridgehead atoms. The van der Waals surface area contributed by atoms with E-state index < -0.39 is 6.55 Å². The highest BCUT2D eigenvalue weighted by Crippen LogP contribution is 2.37. The molecule has 0 amide bonds. The Hall–Kier alpha value is -1.96. The van der Waals surface area contributed by atoms with Crippen LogP contribution < -0.4 is 0 Å². The summed E-state index contributed by atoms with van der Waals surface area (Å²) in [7, 11) is 0. The van der Waals surface area contributed by atoms with E-state index in [9.17, 15) is 8.78 Å². The largest absolute Gasteiger partial charge is 0.338 e. The lowest BCUT2D eigenvalue weighted by Gasteiger charge is -2.09. The van der Waals surface area contributed by atoms with Crippen molar-refractivity contribution in [2.24, 2.45) is 0 Å². The smallest absolute Gasteiger partial charge is 0.321 e. The summed E-state index contributed by atoms with van der Waals surface area (Å²) >= 11 is 1.18. The van der Waals surface area contributed by atoms with Crippen molar-refractivity contribution in [3.8, 4) is 0 Å². The summed E-state index contributed by atoms with van der Waals surface area (Å²) < 4.78 is 32.8. The van der Waals surface area contributed by atoms with E-state index in [2.05, 4.69) is 15.1 Å². The predicted molar refractivity (Wildman–Crippen MR) is 78.9 cm³/mol. The van der Waals surface area contributed by atoms with Gasteiger partial charge in [0.15, 0.2) is 11.0 Å². The van der Waals surface area contributed by atoms with Gasteiger partial charge < -0.3 is 4.52 Å². The summed E-state index contributed by atoms with van der Waals surface area (Å²) in [5.41, 5.74) is 0.948. The van der Waals surface area contributed by atoms with Gasteiger partial charge in [0.2, 0.25) is 5.89 Å². The van der Waals surface area contributed by atoms with Gasteiger partial charge >= 0.3 is 6.55 Å². The Morgan fingerprint density at radius 1 is 1.27 bits per heavy atom. The van der Waals surface area contributed by atoms with Crippen molar-refractivity contribution in [3.05, 3.63) is 36.0 Å². The van der Waals surface area contributed by atoms with Crippen LogP contribution in [0.25, 0.3) is 11.0 Å². The number of alkyl halides is 2. The second kappa shape index (κ2) is 6.04. The molecule has 22 heavy (non-hydrogen) atoms. The standard InChI is InChI=1S/C14H14F2N4OS/c1-3-11-18-12(21-19-11)8(2)22-14-17-9-6-4-5-7-10(9)20(14)13(15)16/h4-8,13H,3H2,1-2H3. The number of aromatic nitrogens is 4. The molecular formula is C14H14F2N4OS. The summed E-state index contributed by atoms with van der Waals surface area (Å²) in [4.78, 5) is 8.51. The quantitative estimate of drug-likeness (QED) is 0.657. The number of thioether (sulfide) groups is 1. The third kappa shape index (κ3) is 2.70. The molecule has 0 fully saturated rings. The average Bonchev–Trinajstić information content (AvgIpc) is 3.10. The average molecular weight is 324 g/mol. The Kier molecular flexibility index (Phi) is 4.10. The van der Waals surface area contributed by atoms with E-state index in [4.69, 9.17) is 4.52 Å². The van der Waals surface area contributed by atoms with Gasteiger partial charge in [0, 0.05) is 6.42 Å². The van der Waals surface area contributed by atoms with Gasteiger partial charge in [-0.1, -0.05) is 36.0 Å². The zero-order valence-corrected chi connectivity index (χ0v) is 12.8. The SMILES string of the molecule is CCc1noc(C(C)Sc2nc3ccccc3n2C(F)F)n1. The van der Waals surface area contributed by atoms with Gasteiger partial charge in [-0.3, -0.25) is 4.57 Å². The molecule has 116 valence electrons.